The summed E-state index contributed by atoms with van der Waals surface area (Å²) in [5.41, 5.74) is 1.33. The van der Waals surface area contributed by atoms with Crippen molar-refractivity contribution in [3.8, 4) is 11.8 Å². The monoisotopic (exact) mass is 278 g/mol. The Bertz CT molecular complexity index is 433. The van der Waals surface area contributed by atoms with Crippen LogP contribution < -0.4 is 0 Å². The first-order valence-electron chi connectivity index (χ1n) is 7.18. The third kappa shape index (κ3) is 6.25. The van der Waals surface area contributed by atoms with Crippen LogP contribution in [0.1, 0.15) is 53.9 Å². The highest BCUT2D eigenvalue weighted by Gasteiger charge is 2.24. The predicted octanol–water partition coefficient (Wildman–Crippen LogP) is 3.48. The minimum absolute atomic E-state index is 0.227. The van der Waals surface area contributed by atoms with Gasteiger partial charge in [0.1, 0.15) is 6.61 Å². The van der Waals surface area contributed by atoms with Gasteiger partial charge in [0.2, 0.25) is 0 Å². The standard InChI is InChI=1S/C17H26O3/c1-6-7-15(18)19-13-17(4,5)20-11-9-14-8-10-16(2,3)12-14/h12H,8-11,13H2,1-5H3. The van der Waals surface area contributed by atoms with E-state index in [0.29, 0.717) is 12.0 Å². The molecule has 0 aromatic rings. The van der Waals surface area contributed by atoms with Crippen LogP contribution in [0.5, 0.6) is 0 Å². The van der Waals surface area contributed by atoms with Gasteiger partial charge in [-0.2, -0.15) is 0 Å². The molecule has 0 unspecified atom stereocenters. The van der Waals surface area contributed by atoms with Gasteiger partial charge in [-0.15, -0.1) is 0 Å². The second kappa shape index (κ2) is 6.95. The van der Waals surface area contributed by atoms with E-state index in [1.165, 1.54) is 12.0 Å². The molecule has 0 heterocycles. The van der Waals surface area contributed by atoms with Gasteiger partial charge in [0, 0.05) is 5.92 Å². The summed E-state index contributed by atoms with van der Waals surface area (Å²) in [4.78, 5) is 11.2. The zero-order valence-electron chi connectivity index (χ0n) is 13.3. The molecule has 1 aliphatic rings. The second-order valence-corrected chi connectivity index (χ2v) is 6.60. The summed E-state index contributed by atoms with van der Waals surface area (Å²) in [6.45, 7) is 10.9. The van der Waals surface area contributed by atoms with Crippen molar-refractivity contribution in [1.29, 1.82) is 0 Å². The van der Waals surface area contributed by atoms with Crippen LogP contribution in [0.25, 0.3) is 0 Å². The molecule has 0 spiro atoms. The molecule has 0 radical (unpaired) electrons. The quantitative estimate of drug-likeness (QED) is 0.323. The first-order chi connectivity index (χ1) is 9.24. The third-order valence-electron chi connectivity index (χ3n) is 3.38. The molecule has 0 aromatic heterocycles. The van der Waals surface area contributed by atoms with Crippen LogP contribution in [-0.4, -0.2) is 24.8 Å². The highest BCUT2D eigenvalue weighted by Crippen LogP contribution is 2.36. The maximum atomic E-state index is 11.2. The van der Waals surface area contributed by atoms with Crippen molar-refractivity contribution in [3.63, 3.8) is 0 Å². The summed E-state index contributed by atoms with van der Waals surface area (Å²) in [5.74, 6) is 4.38. The summed E-state index contributed by atoms with van der Waals surface area (Å²) in [7, 11) is 0. The van der Waals surface area contributed by atoms with Crippen molar-refractivity contribution >= 4 is 5.97 Å². The van der Waals surface area contributed by atoms with E-state index < -0.39 is 11.6 Å². The van der Waals surface area contributed by atoms with Crippen molar-refractivity contribution in [1.82, 2.24) is 0 Å². The van der Waals surface area contributed by atoms with E-state index in [9.17, 15) is 4.79 Å². The number of rotatable bonds is 6. The van der Waals surface area contributed by atoms with Gasteiger partial charge in [0.15, 0.2) is 0 Å². The number of hydrogen-bond donors (Lipinski definition) is 0. The lowest BCUT2D eigenvalue weighted by Crippen LogP contribution is -2.32. The van der Waals surface area contributed by atoms with Crippen LogP contribution in [0, 0.1) is 17.3 Å². The molecule has 0 bridgehead atoms. The fourth-order valence-electron chi connectivity index (χ4n) is 2.25. The Morgan fingerprint density at radius 2 is 2.15 bits per heavy atom. The largest absolute Gasteiger partial charge is 0.453 e. The SMILES string of the molecule is CC#CC(=O)OCC(C)(C)OCCC1=CC(C)(C)CC1. The van der Waals surface area contributed by atoms with Gasteiger partial charge in [-0.25, -0.2) is 4.79 Å². The fourth-order valence-corrected chi connectivity index (χ4v) is 2.25. The van der Waals surface area contributed by atoms with Gasteiger partial charge in [-0.1, -0.05) is 31.4 Å². The zero-order valence-corrected chi connectivity index (χ0v) is 13.3. The van der Waals surface area contributed by atoms with Crippen molar-refractivity contribution in [2.24, 2.45) is 5.41 Å². The molecule has 0 atom stereocenters. The summed E-state index contributed by atoms with van der Waals surface area (Å²) >= 11 is 0. The number of hydrogen-bond acceptors (Lipinski definition) is 3. The fraction of sp³-hybridized carbons (Fsp3) is 0.706. The summed E-state index contributed by atoms with van der Waals surface area (Å²) in [6, 6.07) is 0. The molecule has 0 fully saturated rings. The van der Waals surface area contributed by atoms with E-state index in [4.69, 9.17) is 9.47 Å². The average molecular weight is 278 g/mol. The number of ether oxygens (including phenoxy) is 2. The predicted molar refractivity (Wildman–Crippen MR) is 80.2 cm³/mol. The molecule has 0 saturated carbocycles. The molecule has 20 heavy (non-hydrogen) atoms. The maximum absolute atomic E-state index is 11.2. The average Bonchev–Trinajstić information content (AvgIpc) is 2.67. The van der Waals surface area contributed by atoms with E-state index in [0.717, 1.165) is 12.8 Å². The molecule has 0 amide bonds. The minimum Gasteiger partial charge on any atom is -0.453 e. The minimum atomic E-state index is -0.496. The van der Waals surface area contributed by atoms with Crippen LogP contribution in [0.4, 0.5) is 0 Å². The van der Waals surface area contributed by atoms with Crippen molar-refractivity contribution in [2.75, 3.05) is 13.2 Å². The summed E-state index contributed by atoms with van der Waals surface area (Å²) in [6.07, 6.45) is 5.70. The van der Waals surface area contributed by atoms with E-state index in [-0.39, 0.29) is 6.61 Å². The van der Waals surface area contributed by atoms with Gasteiger partial charge in [-0.3, -0.25) is 0 Å². The van der Waals surface area contributed by atoms with Crippen molar-refractivity contribution < 1.29 is 14.3 Å². The van der Waals surface area contributed by atoms with E-state index in [1.54, 1.807) is 6.92 Å². The molecule has 1 rings (SSSR count). The van der Waals surface area contributed by atoms with Crippen LogP contribution in [0.2, 0.25) is 0 Å². The van der Waals surface area contributed by atoms with E-state index in [1.807, 2.05) is 13.8 Å². The Hall–Kier alpha value is -1.27. The topological polar surface area (TPSA) is 35.5 Å². The lowest BCUT2D eigenvalue weighted by atomic mass is 9.94. The summed E-state index contributed by atoms with van der Waals surface area (Å²) < 4.78 is 10.9. The number of carbonyl (C=O) groups is 1. The molecule has 3 nitrogen and oxygen atoms in total. The Balaban J connectivity index is 2.29. The van der Waals surface area contributed by atoms with Crippen molar-refractivity contribution in [3.05, 3.63) is 11.6 Å². The first kappa shape index (κ1) is 16.8. The lowest BCUT2D eigenvalue weighted by molar-refractivity contribution is -0.146. The Morgan fingerprint density at radius 1 is 1.45 bits per heavy atom. The molecule has 0 saturated heterocycles. The van der Waals surface area contributed by atoms with E-state index in [2.05, 4.69) is 31.8 Å². The normalized spacial score (nSPS) is 17.1. The van der Waals surface area contributed by atoms with Crippen LogP contribution in [0.3, 0.4) is 0 Å². The van der Waals surface area contributed by atoms with E-state index >= 15 is 0 Å². The molecule has 3 heteroatoms. The first-order valence-corrected chi connectivity index (χ1v) is 7.18. The van der Waals surface area contributed by atoms with Crippen LogP contribution in [0.15, 0.2) is 11.6 Å². The molecule has 112 valence electrons. The van der Waals surface area contributed by atoms with Crippen molar-refractivity contribution in [2.45, 2.75) is 59.5 Å². The highest BCUT2D eigenvalue weighted by atomic mass is 16.6. The summed E-state index contributed by atoms with van der Waals surface area (Å²) in [5, 5.41) is 0. The molecular weight excluding hydrogens is 252 g/mol. The molecule has 1 aliphatic carbocycles. The molecular formula is C17H26O3. The molecule has 0 aliphatic heterocycles. The smallest absolute Gasteiger partial charge is 0.384 e. The maximum Gasteiger partial charge on any atom is 0.384 e. The highest BCUT2D eigenvalue weighted by molar-refractivity contribution is 5.88. The number of allylic oxidation sites excluding steroid dienone is 1. The Kier molecular flexibility index (Phi) is 5.83. The van der Waals surface area contributed by atoms with Gasteiger partial charge >= 0.3 is 5.97 Å². The van der Waals surface area contributed by atoms with Gasteiger partial charge in [0.05, 0.1) is 12.2 Å². The number of esters is 1. The third-order valence-corrected chi connectivity index (χ3v) is 3.38. The zero-order chi connectivity index (χ0) is 15.2. The van der Waals surface area contributed by atoms with Gasteiger partial charge < -0.3 is 9.47 Å². The van der Waals surface area contributed by atoms with Crippen LogP contribution >= 0.6 is 0 Å². The Morgan fingerprint density at radius 3 is 2.70 bits per heavy atom. The molecule has 0 N–H and O–H groups in total. The second-order valence-electron chi connectivity index (χ2n) is 6.60. The number of carbonyl (C=O) groups excluding carboxylic acids is 1. The lowest BCUT2D eigenvalue weighted by Gasteiger charge is -2.24. The Labute approximate surface area is 122 Å². The molecule has 0 aromatic carbocycles. The van der Waals surface area contributed by atoms with Crippen LogP contribution in [-0.2, 0) is 14.3 Å². The van der Waals surface area contributed by atoms with Gasteiger partial charge in [0.25, 0.3) is 0 Å². The van der Waals surface area contributed by atoms with Gasteiger partial charge in [-0.05, 0) is 45.4 Å².